The summed E-state index contributed by atoms with van der Waals surface area (Å²) in [5, 5.41) is 0. The molecule has 0 aliphatic carbocycles. The molecule has 1 aromatic rings. The number of nitrogens with two attached hydrogens (primary N) is 1. The predicted molar refractivity (Wildman–Crippen MR) is 44.9 cm³/mol. The maximum absolute atomic E-state index is 12.1. The molecule has 7 heteroatoms. The normalized spacial score (nSPS) is 11.5. The molecule has 0 aromatic carbocycles. The number of rotatable bonds is 4. The van der Waals surface area contributed by atoms with Crippen molar-refractivity contribution in [3.63, 3.8) is 0 Å². The van der Waals surface area contributed by atoms with Gasteiger partial charge in [0.15, 0.2) is 0 Å². The lowest BCUT2D eigenvalue weighted by Crippen LogP contribution is -2.11. The first-order valence-corrected chi connectivity index (χ1v) is 4.02. The quantitative estimate of drug-likeness (QED) is 0.617. The Balaban J connectivity index is 2.57. The molecular weight excluding hydrogens is 213 g/mol. The Morgan fingerprint density at radius 3 is 2.47 bits per heavy atom. The van der Waals surface area contributed by atoms with Crippen LogP contribution in [0.4, 0.5) is 13.2 Å². The summed E-state index contributed by atoms with van der Waals surface area (Å²) in [6, 6.07) is 2.03. The first-order valence-electron chi connectivity index (χ1n) is 4.02. The molecule has 0 amide bonds. The van der Waals surface area contributed by atoms with Crippen molar-refractivity contribution in [1.82, 2.24) is 4.98 Å². The van der Waals surface area contributed by atoms with Gasteiger partial charge in [0.05, 0.1) is 5.56 Å². The van der Waals surface area contributed by atoms with Crippen molar-refractivity contribution in [3.8, 4) is 5.88 Å². The highest BCUT2D eigenvalue weighted by molar-refractivity contribution is 5.19. The summed E-state index contributed by atoms with van der Waals surface area (Å²) in [6.45, 7) is 0.275. The standard InChI is InChI=1S/C8H9F3N2O2/c9-8(10,11)6-1-2-7(13-5-6)14-3-4-15-12/h1-2,5H,3-4,12H2. The molecule has 0 saturated heterocycles. The maximum atomic E-state index is 12.1. The van der Waals surface area contributed by atoms with Gasteiger partial charge >= 0.3 is 6.18 Å². The third-order valence-electron chi connectivity index (χ3n) is 1.51. The highest BCUT2D eigenvalue weighted by Crippen LogP contribution is 2.29. The third kappa shape index (κ3) is 3.72. The van der Waals surface area contributed by atoms with E-state index < -0.39 is 11.7 Å². The largest absolute Gasteiger partial charge is 0.475 e. The van der Waals surface area contributed by atoms with Crippen molar-refractivity contribution in [2.45, 2.75) is 6.18 Å². The number of halogens is 3. The fraction of sp³-hybridized carbons (Fsp3) is 0.375. The Bertz CT molecular complexity index is 300. The van der Waals surface area contributed by atoms with Crippen molar-refractivity contribution < 1.29 is 22.7 Å². The van der Waals surface area contributed by atoms with Crippen molar-refractivity contribution in [2.75, 3.05) is 13.2 Å². The number of pyridine rings is 1. The van der Waals surface area contributed by atoms with Crippen molar-refractivity contribution in [2.24, 2.45) is 5.90 Å². The van der Waals surface area contributed by atoms with Crippen LogP contribution in [0.3, 0.4) is 0 Å². The van der Waals surface area contributed by atoms with E-state index in [0.717, 1.165) is 12.1 Å². The number of alkyl halides is 3. The summed E-state index contributed by atoms with van der Waals surface area (Å²) in [7, 11) is 0. The molecule has 0 unspecified atom stereocenters. The van der Waals surface area contributed by atoms with Crippen LogP contribution in [0.15, 0.2) is 18.3 Å². The SMILES string of the molecule is NOCCOc1ccc(C(F)(F)F)cn1. The van der Waals surface area contributed by atoms with E-state index in [2.05, 4.69) is 9.82 Å². The summed E-state index contributed by atoms with van der Waals surface area (Å²) in [5.74, 6) is 4.82. The van der Waals surface area contributed by atoms with E-state index in [-0.39, 0.29) is 19.1 Å². The molecule has 1 heterocycles. The molecule has 0 spiro atoms. The van der Waals surface area contributed by atoms with Gasteiger partial charge in [-0.25, -0.2) is 10.9 Å². The van der Waals surface area contributed by atoms with Crippen molar-refractivity contribution in [1.29, 1.82) is 0 Å². The number of hydrogen-bond donors (Lipinski definition) is 1. The molecular formula is C8H9F3N2O2. The minimum Gasteiger partial charge on any atom is -0.475 e. The summed E-state index contributed by atoms with van der Waals surface area (Å²) in [5.41, 5.74) is -0.815. The highest BCUT2D eigenvalue weighted by Gasteiger charge is 2.30. The van der Waals surface area contributed by atoms with Gasteiger partial charge in [-0.1, -0.05) is 0 Å². The molecule has 0 saturated carbocycles. The van der Waals surface area contributed by atoms with E-state index in [1.54, 1.807) is 0 Å². The Kier molecular flexibility index (Phi) is 3.87. The fourth-order valence-corrected chi connectivity index (χ4v) is 0.828. The lowest BCUT2D eigenvalue weighted by molar-refractivity contribution is -0.137. The van der Waals surface area contributed by atoms with E-state index in [1.165, 1.54) is 0 Å². The first kappa shape index (κ1) is 11.7. The van der Waals surface area contributed by atoms with Crippen LogP contribution in [0.1, 0.15) is 5.56 Å². The Morgan fingerprint density at radius 2 is 2.00 bits per heavy atom. The topological polar surface area (TPSA) is 57.4 Å². The van der Waals surface area contributed by atoms with Gasteiger partial charge in [-0.2, -0.15) is 13.2 Å². The van der Waals surface area contributed by atoms with E-state index in [0.29, 0.717) is 6.20 Å². The van der Waals surface area contributed by atoms with Crippen LogP contribution in [0.25, 0.3) is 0 Å². The van der Waals surface area contributed by atoms with Gasteiger partial charge in [-0.15, -0.1) is 0 Å². The second kappa shape index (κ2) is 4.94. The Morgan fingerprint density at radius 1 is 1.27 bits per heavy atom. The van der Waals surface area contributed by atoms with Crippen LogP contribution in [-0.4, -0.2) is 18.2 Å². The second-order valence-corrected chi connectivity index (χ2v) is 2.60. The smallest absolute Gasteiger partial charge is 0.417 e. The van der Waals surface area contributed by atoms with Crippen LogP contribution >= 0.6 is 0 Å². The molecule has 0 aliphatic rings. The molecule has 2 N–H and O–H groups in total. The lowest BCUT2D eigenvalue weighted by atomic mass is 10.3. The monoisotopic (exact) mass is 222 g/mol. The van der Waals surface area contributed by atoms with Gasteiger partial charge in [0, 0.05) is 12.3 Å². The molecule has 0 aliphatic heterocycles. The molecule has 0 atom stereocenters. The molecule has 15 heavy (non-hydrogen) atoms. The van der Waals surface area contributed by atoms with E-state index in [1.807, 2.05) is 0 Å². The predicted octanol–water partition coefficient (Wildman–Crippen LogP) is 1.37. The zero-order valence-electron chi connectivity index (χ0n) is 7.62. The summed E-state index contributed by atoms with van der Waals surface area (Å²) < 4.78 is 41.3. The molecule has 0 fully saturated rings. The van der Waals surface area contributed by atoms with Crippen molar-refractivity contribution >= 4 is 0 Å². The molecule has 0 bridgehead atoms. The van der Waals surface area contributed by atoms with Crippen LogP contribution in [0, 0.1) is 0 Å². The van der Waals surface area contributed by atoms with E-state index in [4.69, 9.17) is 10.6 Å². The van der Waals surface area contributed by atoms with Gasteiger partial charge in [0.1, 0.15) is 13.2 Å². The molecule has 1 rings (SSSR count). The minimum atomic E-state index is -4.38. The number of nitrogens with zero attached hydrogens (tertiary/aromatic N) is 1. The van der Waals surface area contributed by atoms with Gasteiger partial charge in [-0.3, -0.25) is 0 Å². The fourth-order valence-electron chi connectivity index (χ4n) is 0.828. The lowest BCUT2D eigenvalue weighted by Gasteiger charge is -2.07. The van der Waals surface area contributed by atoms with E-state index >= 15 is 0 Å². The minimum absolute atomic E-state index is 0.0973. The van der Waals surface area contributed by atoms with Gasteiger partial charge in [0.25, 0.3) is 0 Å². The van der Waals surface area contributed by atoms with Crippen molar-refractivity contribution in [3.05, 3.63) is 23.9 Å². The summed E-state index contributed by atoms with van der Waals surface area (Å²) in [6.07, 6.45) is -3.68. The van der Waals surface area contributed by atoms with E-state index in [9.17, 15) is 13.2 Å². The number of ether oxygens (including phenoxy) is 1. The zero-order valence-corrected chi connectivity index (χ0v) is 7.62. The zero-order chi connectivity index (χ0) is 11.3. The summed E-state index contributed by atoms with van der Waals surface area (Å²) >= 11 is 0. The highest BCUT2D eigenvalue weighted by atomic mass is 19.4. The number of aromatic nitrogens is 1. The Hall–Kier alpha value is -1.34. The second-order valence-electron chi connectivity index (χ2n) is 2.60. The first-order chi connectivity index (χ1) is 7.04. The van der Waals surface area contributed by atoms with Crippen LogP contribution in [0.5, 0.6) is 5.88 Å². The van der Waals surface area contributed by atoms with Crippen LogP contribution in [0.2, 0.25) is 0 Å². The van der Waals surface area contributed by atoms with Crippen LogP contribution < -0.4 is 10.6 Å². The van der Waals surface area contributed by atoms with Gasteiger partial charge in [0.2, 0.25) is 5.88 Å². The maximum Gasteiger partial charge on any atom is 0.417 e. The number of hydrogen-bond acceptors (Lipinski definition) is 4. The molecule has 0 radical (unpaired) electrons. The molecule has 4 nitrogen and oxygen atoms in total. The van der Waals surface area contributed by atoms with Gasteiger partial charge in [-0.05, 0) is 6.07 Å². The third-order valence-corrected chi connectivity index (χ3v) is 1.51. The average molecular weight is 222 g/mol. The molecule has 84 valence electrons. The summed E-state index contributed by atoms with van der Waals surface area (Å²) in [4.78, 5) is 7.69. The molecule has 1 aromatic heterocycles. The van der Waals surface area contributed by atoms with Gasteiger partial charge < -0.3 is 9.57 Å². The average Bonchev–Trinajstić information content (AvgIpc) is 2.18. The Labute approximate surface area is 83.8 Å². The van der Waals surface area contributed by atoms with Crippen LogP contribution in [-0.2, 0) is 11.0 Å².